The topological polar surface area (TPSA) is 60.9 Å². The quantitative estimate of drug-likeness (QED) is 0.323. The highest BCUT2D eigenvalue weighted by Crippen LogP contribution is 2.32. The van der Waals surface area contributed by atoms with Gasteiger partial charge in [-0.1, -0.05) is 71.9 Å². The van der Waals surface area contributed by atoms with Crippen molar-refractivity contribution in [3.05, 3.63) is 81.5 Å². The number of nitrogens with zero attached hydrogens (tertiary/aromatic N) is 2. The Labute approximate surface area is 159 Å². The highest BCUT2D eigenvalue weighted by Gasteiger charge is 2.16. The van der Waals surface area contributed by atoms with Crippen LogP contribution in [0.4, 0.5) is 0 Å². The number of hydrogen-bond donors (Lipinski definition) is 1. The van der Waals surface area contributed by atoms with Crippen LogP contribution in [0.25, 0.3) is 21.3 Å². The second-order valence-corrected chi connectivity index (χ2v) is 7.84. The number of thioether (sulfide) groups is 1. The molecule has 2 N–H and O–H groups in total. The number of aromatic nitrogens is 2. The molecule has 0 aliphatic carbocycles. The van der Waals surface area contributed by atoms with Crippen molar-refractivity contribution in [3.63, 3.8) is 0 Å². The molecule has 4 aromatic rings. The summed E-state index contributed by atoms with van der Waals surface area (Å²) in [5.41, 5.74) is 4.07. The van der Waals surface area contributed by atoms with Gasteiger partial charge in [0.05, 0.1) is 5.39 Å². The molecule has 0 radical (unpaired) electrons. The summed E-state index contributed by atoms with van der Waals surface area (Å²) in [5, 5.41) is 3.09. The SMILES string of the molecule is Cc1ccc(CSc2nc3scc(-c4ccccc4)c3c(=O)n2N)cc1. The molecular formula is C20H17N3OS2. The van der Waals surface area contributed by atoms with Crippen LogP contribution in [0.15, 0.2) is 69.9 Å². The van der Waals surface area contributed by atoms with Crippen LogP contribution < -0.4 is 11.4 Å². The number of benzene rings is 2. The maximum atomic E-state index is 12.9. The van der Waals surface area contributed by atoms with Crippen molar-refractivity contribution in [3.8, 4) is 11.1 Å². The van der Waals surface area contributed by atoms with E-state index in [0.717, 1.165) is 16.0 Å². The van der Waals surface area contributed by atoms with Crippen LogP contribution in [0, 0.1) is 6.92 Å². The molecule has 0 saturated heterocycles. The summed E-state index contributed by atoms with van der Waals surface area (Å²) in [5.74, 6) is 6.78. The average molecular weight is 380 g/mol. The van der Waals surface area contributed by atoms with Crippen molar-refractivity contribution in [2.75, 3.05) is 5.84 Å². The molecule has 0 spiro atoms. The van der Waals surface area contributed by atoms with Gasteiger partial charge in [-0.2, -0.15) is 0 Å². The minimum Gasteiger partial charge on any atom is -0.334 e. The molecule has 4 rings (SSSR count). The van der Waals surface area contributed by atoms with Crippen molar-refractivity contribution >= 4 is 33.3 Å². The third kappa shape index (κ3) is 3.13. The Hall–Kier alpha value is -2.57. The first-order valence-electron chi connectivity index (χ1n) is 8.16. The summed E-state index contributed by atoms with van der Waals surface area (Å²) in [6.07, 6.45) is 0. The molecule has 0 saturated carbocycles. The molecule has 0 bridgehead atoms. The fourth-order valence-electron chi connectivity index (χ4n) is 2.75. The number of nitrogen functional groups attached to an aromatic ring is 1. The van der Waals surface area contributed by atoms with E-state index in [2.05, 4.69) is 36.2 Å². The van der Waals surface area contributed by atoms with Gasteiger partial charge < -0.3 is 5.84 Å². The molecule has 2 heterocycles. The molecule has 26 heavy (non-hydrogen) atoms. The van der Waals surface area contributed by atoms with Crippen LogP contribution in [0.3, 0.4) is 0 Å². The van der Waals surface area contributed by atoms with Gasteiger partial charge in [0.15, 0.2) is 5.16 Å². The first kappa shape index (κ1) is 16.9. The largest absolute Gasteiger partial charge is 0.334 e. The first-order chi connectivity index (χ1) is 12.6. The van der Waals surface area contributed by atoms with E-state index in [9.17, 15) is 4.79 Å². The molecule has 6 heteroatoms. The lowest BCUT2D eigenvalue weighted by molar-refractivity contribution is 0.782. The Morgan fingerprint density at radius 1 is 1.12 bits per heavy atom. The van der Waals surface area contributed by atoms with E-state index in [4.69, 9.17) is 5.84 Å². The van der Waals surface area contributed by atoms with Gasteiger partial charge in [0, 0.05) is 16.7 Å². The summed E-state index contributed by atoms with van der Waals surface area (Å²) in [6, 6.07) is 18.2. The van der Waals surface area contributed by atoms with Crippen LogP contribution in [0.2, 0.25) is 0 Å². The number of fused-ring (bicyclic) bond motifs is 1. The van der Waals surface area contributed by atoms with Crippen LogP contribution in [0.5, 0.6) is 0 Å². The second kappa shape index (κ2) is 6.97. The highest BCUT2D eigenvalue weighted by atomic mass is 32.2. The van der Waals surface area contributed by atoms with E-state index in [0.29, 0.717) is 16.3 Å². The Morgan fingerprint density at radius 3 is 2.58 bits per heavy atom. The van der Waals surface area contributed by atoms with Crippen LogP contribution in [-0.4, -0.2) is 9.66 Å². The normalized spacial score (nSPS) is 11.1. The lowest BCUT2D eigenvalue weighted by Crippen LogP contribution is -2.29. The fraction of sp³-hybridized carbons (Fsp3) is 0.100. The summed E-state index contributed by atoms with van der Waals surface area (Å²) in [7, 11) is 0. The molecule has 2 aromatic heterocycles. The Kier molecular flexibility index (Phi) is 4.53. The molecule has 0 unspecified atom stereocenters. The molecule has 0 atom stereocenters. The minimum absolute atomic E-state index is 0.207. The second-order valence-electron chi connectivity index (χ2n) is 6.04. The Bertz CT molecular complexity index is 1120. The molecule has 2 aromatic carbocycles. The van der Waals surface area contributed by atoms with E-state index >= 15 is 0 Å². The van der Waals surface area contributed by atoms with Crippen molar-refractivity contribution in [1.82, 2.24) is 9.66 Å². The zero-order valence-corrected chi connectivity index (χ0v) is 15.8. The zero-order chi connectivity index (χ0) is 18.1. The number of nitrogens with two attached hydrogens (primary N) is 1. The predicted molar refractivity (Wildman–Crippen MR) is 110 cm³/mol. The van der Waals surface area contributed by atoms with E-state index < -0.39 is 0 Å². The van der Waals surface area contributed by atoms with Crippen LogP contribution >= 0.6 is 23.1 Å². The molecule has 0 fully saturated rings. The Balaban J connectivity index is 1.71. The van der Waals surface area contributed by atoms with E-state index in [-0.39, 0.29) is 5.56 Å². The molecule has 0 amide bonds. The van der Waals surface area contributed by atoms with Gasteiger partial charge in [-0.05, 0) is 18.1 Å². The van der Waals surface area contributed by atoms with Crippen molar-refractivity contribution in [2.24, 2.45) is 0 Å². The summed E-state index contributed by atoms with van der Waals surface area (Å²) in [6.45, 7) is 2.06. The van der Waals surface area contributed by atoms with Gasteiger partial charge in [-0.25, -0.2) is 9.66 Å². The monoisotopic (exact) mass is 379 g/mol. The maximum Gasteiger partial charge on any atom is 0.282 e. The van der Waals surface area contributed by atoms with Gasteiger partial charge in [-0.3, -0.25) is 4.79 Å². The Morgan fingerprint density at radius 2 is 1.85 bits per heavy atom. The standard InChI is InChI=1S/C20H17N3OS2/c1-13-7-9-14(10-8-13)11-26-20-22-18-17(19(24)23(20)21)16(12-25-18)15-5-3-2-4-6-15/h2-10,12H,11,21H2,1H3. The zero-order valence-electron chi connectivity index (χ0n) is 14.2. The molecule has 130 valence electrons. The van der Waals surface area contributed by atoms with Crippen molar-refractivity contribution < 1.29 is 0 Å². The lowest BCUT2D eigenvalue weighted by Gasteiger charge is -2.08. The molecule has 4 nitrogen and oxygen atoms in total. The van der Waals surface area contributed by atoms with Crippen LogP contribution in [-0.2, 0) is 5.75 Å². The minimum atomic E-state index is -0.207. The first-order valence-corrected chi connectivity index (χ1v) is 10.0. The molecule has 0 aliphatic rings. The third-order valence-corrected chi connectivity index (χ3v) is 6.08. The van der Waals surface area contributed by atoms with Gasteiger partial charge >= 0.3 is 0 Å². The van der Waals surface area contributed by atoms with Gasteiger partial charge in [-0.15, -0.1) is 11.3 Å². The predicted octanol–water partition coefficient (Wildman–Crippen LogP) is 4.44. The van der Waals surface area contributed by atoms with Crippen molar-refractivity contribution in [2.45, 2.75) is 17.8 Å². The van der Waals surface area contributed by atoms with Crippen molar-refractivity contribution in [1.29, 1.82) is 0 Å². The van der Waals surface area contributed by atoms with E-state index in [1.807, 2.05) is 35.7 Å². The molecule has 0 aliphatic heterocycles. The third-order valence-electron chi connectivity index (χ3n) is 4.18. The summed E-state index contributed by atoms with van der Waals surface area (Å²) >= 11 is 2.95. The summed E-state index contributed by atoms with van der Waals surface area (Å²) < 4.78 is 1.17. The van der Waals surface area contributed by atoms with Gasteiger partial charge in [0.1, 0.15) is 4.83 Å². The highest BCUT2D eigenvalue weighted by molar-refractivity contribution is 7.98. The smallest absolute Gasteiger partial charge is 0.282 e. The lowest BCUT2D eigenvalue weighted by atomic mass is 10.1. The number of hydrogen-bond acceptors (Lipinski definition) is 5. The van der Waals surface area contributed by atoms with Gasteiger partial charge in [0.25, 0.3) is 5.56 Å². The number of aryl methyl sites for hydroxylation is 1. The summed E-state index contributed by atoms with van der Waals surface area (Å²) in [4.78, 5) is 18.2. The average Bonchev–Trinajstić information content (AvgIpc) is 3.09. The van der Waals surface area contributed by atoms with Gasteiger partial charge in [0.2, 0.25) is 0 Å². The van der Waals surface area contributed by atoms with E-state index in [1.165, 1.54) is 38.9 Å². The molecular weight excluding hydrogens is 362 g/mol. The fourth-order valence-corrected chi connectivity index (χ4v) is 4.61. The number of thiophene rings is 1. The van der Waals surface area contributed by atoms with E-state index in [1.54, 1.807) is 0 Å². The van der Waals surface area contributed by atoms with Crippen LogP contribution in [0.1, 0.15) is 11.1 Å². The number of rotatable bonds is 4. The maximum absolute atomic E-state index is 12.9.